The van der Waals surface area contributed by atoms with Gasteiger partial charge in [-0.15, -0.1) is 18.3 Å². The molecule has 1 aromatic carbocycles. The fourth-order valence-electron chi connectivity index (χ4n) is 2.22. The van der Waals surface area contributed by atoms with Crippen molar-refractivity contribution in [3.63, 3.8) is 0 Å². The number of nitrogens with zero attached hydrogens (tertiary/aromatic N) is 4. The van der Waals surface area contributed by atoms with Crippen molar-refractivity contribution in [2.75, 3.05) is 5.32 Å². The van der Waals surface area contributed by atoms with Crippen molar-refractivity contribution in [1.29, 1.82) is 0 Å². The molecule has 6 nitrogen and oxygen atoms in total. The Morgan fingerprint density at radius 3 is 2.54 bits per heavy atom. The lowest BCUT2D eigenvalue weighted by atomic mass is 10.3. The number of alkyl halides is 6. The first-order chi connectivity index (χ1) is 13.1. The molecule has 0 radical (unpaired) electrons. The van der Waals surface area contributed by atoms with Crippen molar-refractivity contribution in [3.05, 3.63) is 60.2 Å². The van der Waals surface area contributed by atoms with Gasteiger partial charge in [-0.1, -0.05) is 11.3 Å². The highest BCUT2D eigenvalue weighted by atomic mass is 19.4. The van der Waals surface area contributed by atoms with E-state index in [0.717, 1.165) is 24.4 Å². The van der Waals surface area contributed by atoms with E-state index in [1.54, 1.807) is 0 Å². The van der Waals surface area contributed by atoms with Gasteiger partial charge in [-0.05, 0) is 24.3 Å². The third kappa shape index (κ3) is 5.11. The predicted octanol–water partition coefficient (Wildman–Crippen LogP) is 4.19. The molecule has 0 bridgehead atoms. The molecule has 0 aliphatic carbocycles. The highest BCUT2D eigenvalue weighted by Crippen LogP contribution is 2.29. The van der Waals surface area contributed by atoms with E-state index in [1.165, 1.54) is 29.1 Å². The number of halogens is 6. The van der Waals surface area contributed by atoms with E-state index >= 15 is 0 Å². The Labute approximate surface area is 153 Å². The van der Waals surface area contributed by atoms with Crippen LogP contribution in [0.1, 0.15) is 11.4 Å². The van der Waals surface area contributed by atoms with Gasteiger partial charge < -0.3 is 10.1 Å². The molecule has 0 amide bonds. The summed E-state index contributed by atoms with van der Waals surface area (Å²) < 4.78 is 80.0. The monoisotopic (exact) mass is 403 g/mol. The Morgan fingerprint density at radius 2 is 1.82 bits per heavy atom. The molecule has 3 aromatic rings. The molecule has 3 rings (SSSR count). The Kier molecular flexibility index (Phi) is 5.12. The Hall–Kier alpha value is -3.31. The Morgan fingerprint density at radius 1 is 1.04 bits per heavy atom. The minimum absolute atomic E-state index is 0.0417. The van der Waals surface area contributed by atoms with Gasteiger partial charge in [0.05, 0.1) is 18.4 Å². The molecular formula is C16H11F6N5O. The first-order valence-corrected chi connectivity index (χ1v) is 7.65. The average Bonchev–Trinajstić information content (AvgIpc) is 3.07. The largest absolute Gasteiger partial charge is 0.573 e. The molecule has 0 aliphatic heterocycles. The summed E-state index contributed by atoms with van der Waals surface area (Å²) in [7, 11) is 0. The van der Waals surface area contributed by atoms with E-state index < -0.39 is 24.0 Å². The zero-order valence-corrected chi connectivity index (χ0v) is 13.8. The van der Waals surface area contributed by atoms with E-state index in [4.69, 9.17) is 0 Å². The zero-order chi connectivity index (χ0) is 20.4. The normalized spacial score (nSPS) is 12.1. The molecule has 0 saturated heterocycles. The third-order valence-corrected chi connectivity index (χ3v) is 3.38. The van der Waals surface area contributed by atoms with Crippen LogP contribution in [0.3, 0.4) is 0 Å². The molecule has 28 heavy (non-hydrogen) atoms. The van der Waals surface area contributed by atoms with Gasteiger partial charge in [0.15, 0.2) is 0 Å². The van der Waals surface area contributed by atoms with Gasteiger partial charge in [0, 0.05) is 18.0 Å². The highest BCUT2D eigenvalue weighted by molar-refractivity contribution is 5.44. The van der Waals surface area contributed by atoms with E-state index in [2.05, 4.69) is 25.3 Å². The average molecular weight is 403 g/mol. The third-order valence-electron chi connectivity index (χ3n) is 3.38. The van der Waals surface area contributed by atoms with Crippen LogP contribution >= 0.6 is 0 Å². The van der Waals surface area contributed by atoms with Crippen molar-refractivity contribution in [2.45, 2.75) is 19.1 Å². The van der Waals surface area contributed by atoms with Crippen LogP contribution in [0.25, 0.3) is 5.69 Å². The van der Waals surface area contributed by atoms with Crippen molar-refractivity contribution >= 4 is 5.69 Å². The van der Waals surface area contributed by atoms with Gasteiger partial charge in [0.1, 0.15) is 17.1 Å². The summed E-state index contributed by atoms with van der Waals surface area (Å²) in [6.45, 7) is 0.0417. The lowest BCUT2D eigenvalue weighted by Gasteiger charge is -2.09. The number of ether oxygens (including phenoxy) is 1. The summed E-state index contributed by atoms with van der Waals surface area (Å²) in [4.78, 5) is 3.25. The minimum Gasteiger partial charge on any atom is -0.406 e. The van der Waals surface area contributed by atoms with Gasteiger partial charge >= 0.3 is 12.5 Å². The zero-order valence-electron chi connectivity index (χ0n) is 13.8. The van der Waals surface area contributed by atoms with Crippen molar-refractivity contribution in [2.24, 2.45) is 0 Å². The number of hydrogen-bond donors (Lipinski definition) is 1. The van der Waals surface area contributed by atoms with Gasteiger partial charge in [0.2, 0.25) is 0 Å². The van der Waals surface area contributed by atoms with Crippen molar-refractivity contribution in [1.82, 2.24) is 20.0 Å². The summed E-state index contributed by atoms with van der Waals surface area (Å²) in [5, 5.41) is 10.4. The van der Waals surface area contributed by atoms with E-state index in [0.29, 0.717) is 5.69 Å². The van der Waals surface area contributed by atoms with Crippen LogP contribution in [-0.2, 0) is 12.7 Å². The summed E-state index contributed by atoms with van der Waals surface area (Å²) >= 11 is 0. The van der Waals surface area contributed by atoms with E-state index in [9.17, 15) is 26.3 Å². The Bertz CT molecular complexity index is 953. The molecule has 1 N–H and O–H groups in total. The summed E-state index contributed by atoms with van der Waals surface area (Å²) in [5.74, 6) is -0.420. The maximum absolute atomic E-state index is 12.7. The second-order valence-corrected chi connectivity index (χ2v) is 5.48. The van der Waals surface area contributed by atoms with E-state index in [-0.39, 0.29) is 17.9 Å². The molecular weight excluding hydrogens is 392 g/mol. The quantitative estimate of drug-likeness (QED) is 0.648. The topological polar surface area (TPSA) is 64.9 Å². The first-order valence-electron chi connectivity index (χ1n) is 7.65. The summed E-state index contributed by atoms with van der Waals surface area (Å²) in [5.41, 5.74) is -0.239. The van der Waals surface area contributed by atoms with Gasteiger partial charge in [-0.2, -0.15) is 13.2 Å². The molecule has 0 unspecified atom stereocenters. The maximum Gasteiger partial charge on any atom is 0.573 e. The van der Waals surface area contributed by atoms with Crippen LogP contribution in [0.4, 0.5) is 32.0 Å². The Balaban J connectivity index is 1.69. The molecule has 2 aromatic heterocycles. The predicted molar refractivity (Wildman–Crippen MR) is 84.6 cm³/mol. The van der Waals surface area contributed by atoms with Crippen LogP contribution in [-0.4, -0.2) is 26.3 Å². The molecule has 0 aliphatic rings. The van der Waals surface area contributed by atoms with Gasteiger partial charge in [-0.25, -0.2) is 4.68 Å². The molecule has 0 fully saturated rings. The van der Waals surface area contributed by atoms with Crippen LogP contribution in [0.2, 0.25) is 0 Å². The maximum atomic E-state index is 12.7. The SMILES string of the molecule is FC(F)(F)Oc1cccc(-n2cc(CNc3ccnc(C(F)(F)F)c3)nn2)c1. The van der Waals surface area contributed by atoms with Crippen LogP contribution in [0.5, 0.6) is 5.75 Å². The van der Waals surface area contributed by atoms with Crippen molar-refractivity contribution in [3.8, 4) is 11.4 Å². The number of benzene rings is 1. The minimum atomic E-state index is -4.82. The molecule has 12 heteroatoms. The molecule has 0 spiro atoms. The fraction of sp³-hybridized carbons (Fsp3) is 0.188. The summed E-state index contributed by atoms with van der Waals surface area (Å²) in [6.07, 6.45) is -6.94. The number of nitrogens with one attached hydrogen (secondary N) is 1. The molecule has 0 atom stereocenters. The first kappa shape index (κ1) is 19.5. The number of hydrogen-bond acceptors (Lipinski definition) is 5. The fourth-order valence-corrected chi connectivity index (χ4v) is 2.22. The number of aromatic nitrogens is 4. The molecule has 148 valence electrons. The highest BCUT2D eigenvalue weighted by Gasteiger charge is 2.32. The van der Waals surface area contributed by atoms with Gasteiger partial charge in [0.25, 0.3) is 0 Å². The van der Waals surface area contributed by atoms with Crippen LogP contribution < -0.4 is 10.1 Å². The number of pyridine rings is 1. The lowest BCUT2D eigenvalue weighted by molar-refractivity contribution is -0.274. The standard InChI is InChI=1S/C16H11F6N5O/c17-15(18,19)14-6-10(4-5-23-14)24-8-11-9-27(26-25-11)12-2-1-3-13(7-12)28-16(20,21)22/h1-7,9H,8H2,(H,23,24). The van der Waals surface area contributed by atoms with E-state index in [1.807, 2.05) is 0 Å². The molecule has 0 saturated carbocycles. The molecule has 2 heterocycles. The number of rotatable bonds is 5. The second-order valence-electron chi connectivity index (χ2n) is 5.48. The van der Waals surface area contributed by atoms with Crippen molar-refractivity contribution < 1.29 is 31.1 Å². The second kappa shape index (κ2) is 7.37. The smallest absolute Gasteiger partial charge is 0.406 e. The van der Waals surface area contributed by atoms with Gasteiger partial charge in [-0.3, -0.25) is 4.98 Å². The van der Waals surface area contributed by atoms with Crippen LogP contribution in [0.15, 0.2) is 48.8 Å². The summed E-state index contributed by atoms with van der Waals surface area (Å²) in [6, 6.07) is 7.31. The van der Waals surface area contributed by atoms with Crippen LogP contribution in [0, 0.1) is 0 Å². The number of anilines is 1. The lowest BCUT2D eigenvalue weighted by Crippen LogP contribution is -2.17.